The summed E-state index contributed by atoms with van der Waals surface area (Å²) in [4.78, 5) is 0. The molecule has 184 valence electrons. The van der Waals surface area contributed by atoms with Crippen LogP contribution in [0.4, 0.5) is 0 Å². The Balaban J connectivity index is 1.62. The highest BCUT2D eigenvalue weighted by atomic mass is 32.1. The minimum absolute atomic E-state index is 0.0751. The Morgan fingerprint density at radius 2 is 2.03 bits per heavy atom. The van der Waals surface area contributed by atoms with E-state index in [1.165, 1.54) is 12.8 Å². The molecule has 9 heteroatoms. The highest BCUT2D eigenvalue weighted by molar-refractivity contribution is 7.14. The van der Waals surface area contributed by atoms with Crippen LogP contribution in [0.5, 0.6) is 11.5 Å². The average Bonchev–Trinajstić information content (AvgIpc) is 3.56. The van der Waals surface area contributed by atoms with Crippen LogP contribution in [-0.4, -0.2) is 35.9 Å². The molecule has 0 radical (unpaired) electrons. The van der Waals surface area contributed by atoms with Gasteiger partial charge in [-0.25, -0.2) is 0 Å². The summed E-state index contributed by atoms with van der Waals surface area (Å²) in [5.41, 5.74) is 2.76. The van der Waals surface area contributed by atoms with Crippen molar-refractivity contribution in [1.82, 2.24) is 20.8 Å². The second-order valence-corrected chi connectivity index (χ2v) is 9.64. The van der Waals surface area contributed by atoms with Crippen molar-refractivity contribution in [3.63, 3.8) is 0 Å². The van der Waals surface area contributed by atoms with Crippen molar-refractivity contribution >= 4 is 17.3 Å². The highest BCUT2D eigenvalue weighted by Crippen LogP contribution is 2.34. The van der Waals surface area contributed by atoms with Gasteiger partial charge in [0.2, 0.25) is 5.96 Å². The van der Waals surface area contributed by atoms with E-state index in [2.05, 4.69) is 32.7 Å². The molecule has 1 saturated carbocycles. The molecule has 1 unspecified atom stereocenters. The number of nitrogens with one attached hydrogen (secondary N) is 3. The Kier molecular flexibility index (Phi) is 8.38. The van der Waals surface area contributed by atoms with Crippen molar-refractivity contribution in [2.24, 2.45) is 0 Å². The number of nitriles is 1. The van der Waals surface area contributed by atoms with Crippen molar-refractivity contribution in [3.05, 3.63) is 58.6 Å². The lowest BCUT2D eigenvalue weighted by atomic mass is 9.98. The standard InChI is InChI=1S/C27H28N6O2S/c1-18-32-33-26(36-18)21-7-5-6-19(14-21)10-11-22(16-30-27(29)31-17-28)20-12-13-24(34-2)25(15-20)35-23-8-3-4-9-23/h5-7,12-15,22-23H,3-4,8-9,16H2,1-2H3,(H3,29,30,31). The molecule has 3 N–H and O–H groups in total. The second kappa shape index (κ2) is 12.1. The smallest absolute Gasteiger partial charge is 0.201 e. The highest BCUT2D eigenvalue weighted by Gasteiger charge is 2.20. The maximum atomic E-state index is 8.81. The SMILES string of the molecule is COc1ccc(C(C#Cc2cccc(-c3nnc(C)s3)c2)CNC(=N)NC#N)cc1OC1CCCC1. The normalized spacial score (nSPS) is 13.7. The van der Waals surface area contributed by atoms with Crippen molar-refractivity contribution in [3.8, 4) is 40.1 Å². The number of hydrogen-bond donors (Lipinski definition) is 3. The molecule has 0 bridgehead atoms. The summed E-state index contributed by atoms with van der Waals surface area (Å²) in [6, 6.07) is 13.7. The largest absolute Gasteiger partial charge is 0.493 e. The van der Waals surface area contributed by atoms with Gasteiger partial charge in [-0.1, -0.05) is 41.4 Å². The molecular formula is C27H28N6O2S. The number of benzene rings is 2. The van der Waals surface area contributed by atoms with E-state index in [0.29, 0.717) is 18.0 Å². The first-order chi connectivity index (χ1) is 17.6. The fourth-order valence-corrected chi connectivity index (χ4v) is 4.75. The predicted molar refractivity (Wildman–Crippen MR) is 140 cm³/mol. The van der Waals surface area contributed by atoms with Crippen LogP contribution in [0.25, 0.3) is 10.6 Å². The molecule has 0 amide bonds. The number of aryl methyl sites for hydroxylation is 1. The first-order valence-corrected chi connectivity index (χ1v) is 12.6. The molecule has 1 atom stereocenters. The van der Waals surface area contributed by atoms with Crippen LogP contribution in [0.15, 0.2) is 42.5 Å². The number of guanidine groups is 1. The Hall–Kier alpha value is -4.08. The van der Waals surface area contributed by atoms with Gasteiger partial charge in [-0.05, 0) is 62.4 Å². The second-order valence-electron chi connectivity index (χ2n) is 8.46. The van der Waals surface area contributed by atoms with Crippen molar-refractivity contribution in [2.45, 2.75) is 44.6 Å². The minimum atomic E-state index is -0.268. The van der Waals surface area contributed by atoms with Crippen molar-refractivity contribution in [1.29, 1.82) is 10.7 Å². The van der Waals surface area contributed by atoms with E-state index in [1.54, 1.807) is 24.6 Å². The van der Waals surface area contributed by atoms with Gasteiger partial charge in [-0.2, -0.15) is 5.26 Å². The summed E-state index contributed by atoms with van der Waals surface area (Å²) in [6.45, 7) is 2.27. The van der Waals surface area contributed by atoms with Gasteiger partial charge in [-0.15, -0.1) is 10.2 Å². The van der Waals surface area contributed by atoms with E-state index in [9.17, 15) is 0 Å². The van der Waals surface area contributed by atoms with E-state index >= 15 is 0 Å². The van der Waals surface area contributed by atoms with Crippen LogP contribution in [0.3, 0.4) is 0 Å². The number of aromatic nitrogens is 2. The van der Waals surface area contributed by atoms with Gasteiger partial charge in [-0.3, -0.25) is 10.7 Å². The van der Waals surface area contributed by atoms with Gasteiger partial charge >= 0.3 is 0 Å². The van der Waals surface area contributed by atoms with Crippen LogP contribution >= 0.6 is 11.3 Å². The number of methoxy groups -OCH3 is 1. The van der Waals surface area contributed by atoms with Crippen molar-refractivity contribution in [2.75, 3.05) is 13.7 Å². The molecule has 3 aromatic rings. The molecule has 2 aromatic carbocycles. The lowest BCUT2D eigenvalue weighted by Crippen LogP contribution is -2.35. The predicted octanol–water partition coefficient (Wildman–Crippen LogP) is 4.57. The molecule has 0 saturated heterocycles. The van der Waals surface area contributed by atoms with Crippen LogP contribution in [0.2, 0.25) is 0 Å². The number of rotatable bonds is 7. The monoisotopic (exact) mass is 500 g/mol. The lowest BCUT2D eigenvalue weighted by Gasteiger charge is -2.19. The molecule has 1 aromatic heterocycles. The summed E-state index contributed by atoms with van der Waals surface area (Å²) in [5, 5.41) is 32.0. The molecule has 36 heavy (non-hydrogen) atoms. The molecule has 0 spiro atoms. The first kappa shape index (κ1) is 25.0. The summed E-state index contributed by atoms with van der Waals surface area (Å²) < 4.78 is 11.8. The number of nitrogens with zero attached hydrogens (tertiary/aromatic N) is 3. The zero-order valence-electron chi connectivity index (χ0n) is 20.3. The van der Waals surface area contributed by atoms with Gasteiger partial charge in [0, 0.05) is 17.7 Å². The van der Waals surface area contributed by atoms with Crippen molar-refractivity contribution < 1.29 is 9.47 Å². The fourth-order valence-electron chi connectivity index (χ4n) is 4.06. The van der Waals surface area contributed by atoms with Crippen LogP contribution in [0, 0.1) is 35.6 Å². The lowest BCUT2D eigenvalue weighted by molar-refractivity contribution is 0.200. The molecular weight excluding hydrogens is 472 g/mol. The minimum Gasteiger partial charge on any atom is -0.493 e. The molecule has 1 fully saturated rings. The summed E-state index contributed by atoms with van der Waals surface area (Å²) in [7, 11) is 1.64. The molecule has 1 heterocycles. The first-order valence-electron chi connectivity index (χ1n) is 11.8. The summed E-state index contributed by atoms with van der Waals surface area (Å²) in [5.74, 6) is 7.66. The summed E-state index contributed by atoms with van der Waals surface area (Å²) in [6.07, 6.45) is 6.38. The Morgan fingerprint density at radius 3 is 2.75 bits per heavy atom. The quantitative estimate of drug-likeness (QED) is 0.143. The van der Waals surface area contributed by atoms with E-state index in [-0.39, 0.29) is 18.0 Å². The third-order valence-electron chi connectivity index (χ3n) is 5.88. The maximum Gasteiger partial charge on any atom is 0.201 e. The van der Waals surface area contributed by atoms with E-state index < -0.39 is 0 Å². The summed E-state index contributed by atoms with van der Waals surface area (Å²) >= 11 is 1.54. The zero-order valence-corrected chi connectivity index (χ0v) is 21.1. The third kappa shape index (κ3) is 6.53. The molecule has 0 aliphatic heterocycles. The molecule has 1 aliphatic rings. The van der Waals surface area contributed by atoms with Gasteiger partial charge in [0.25, 0.3) is 0 Å². The van der Waals surface area contributed by atoms with Gasteiger partial charge in [0.15, 0.2) is 17.7 Å². The maximum absolute atomic E-state index is 8.81. The Labute approximate surface area is 215 Å². The molecule has 1 aliphatic carbocycles. The van der Waals surface area contributed by atoms with E-state index in [4.69, 9.17) is 20.1 Å². The van der Waals surface area contributed by atoms with Crippen LogP contribution in [-0.2, 0) is 0 Å². The topological polar surface area (TPSA) is 116 Å². The van der Waals surface area contributed by atoms with Crippen LogP contribution < -0.4 is 20.1 Å². The molecule has 4 rings (SSSR count). The average molecular weight is 501 g/mol. The van der Waals surface area contributed by atoms with Crippen LogP contribution in [0.1, 0.15) is 47.7 Å². The fraction of sp³-hybridized carbons (Fsp3) is 0.333. The number of ether oxygens (including phenoxy) is 2. The number of hydrogen-bond acceptors (Lipinski definition) is 7. The van der Waals surface area contributed by atoms with E-state index in [0.717, 1.165) is 39.5 Å². The third-order valence-corrected chi connectivity index (χ3v) is 6.76. The molecule has 8 nitrogen and oxygen atoms in total. The zero-order chi connectivity index (χ0) is 25.3. The van der Waals surface area contributed by atoms with Gasteiger partial charge < -0.3 is 14.8 Å². The van der Waals surface area contributed by atoms with E-state index in [1.807, 2.05) is 49.4 Å². The Morgan fingerprint density at radius 1 is 1.19 bits per heavy atom. The Bertz CT molecular complexity index is 1310. The van der Waals surface area contributed by atoms with Gasteiger partial charge in [0.1, 0.15) is 10.0 Å². The van der Waals surface area contributed by atoms with Gasteiger partial charge in [0.05, 0.1) is 19.1 Å².